The van der Waals surface area contributed by atoms with E-state index in [1.165, 1.54) is 0 Å². The van der Waals surface area contributed by atoms with E-state index in [9.17, 15) is 13.2 Å². The van der Waals surface area contributed by atoms with Gasteiger partial charge in [0.25, 0.3) is 0 Å². The molecule has 1 aliphatic heterocycles. The fourth-order valence-corrected chi connectivity index (χ4v) is 4.48. The first-order valence-corrected chi connectivity index (χ1v) is 11.2. The van der Waals surface area contributed by atoms with Gasteiger partial charge in [-0.15, -0.1) is 0 Å². The van der Waals surface area contributed by atoms with E-state index in [0.717, 1.165) is 44.0 Å². The summed E-state index contributed by atoms with van der Waals surface area (Å²) in [6.07, 6.45) is 0. The van der Waals surface area contributed by atoms with E-state index in [2.05, 4.69) is 22.0 Å². The van der Waals surface area contributed by atoms with Gasteiger partial charge < -0.3 is 15.1 Å². The fraction of sp³-hybridized carbons (Fsp3) is 0.381. The molecule has 0 unspecified atom stereocenters. The van der Waals surface area contributed by atoms with Crippen LogP contribution in [0.25, 0.3) is 0 Å². The van der Waals surface area contributed by atoms with Crippen LogP contribution in [0.4, 0.5) is 11.4 Å². The van der Waals surface area contributed by atoms with E-state index in [1.54, 1.807) is 24.3 Å². The van der Waals surface area contributed by atoms with Crippen molar-refractivity contribution in [3.63, 3.8) is 0 Å². The number of rotatable bonds is 6. The second kappa shape index (κ2) is 8.75. The highest BCUT2D eigenvalue weighted by Crippen LogP contribution is 2.27. The second-order valence-corrected chi connectivity index (χ2v) is 9.05. The quantitative estimate of drug-likeness (QED) is 0.806. The maximum Gasteiger partial charge on any atom is 0.240 e. The van der Waals surface area contributed by atoms with Crippen molar-refractivity contribution in [3.05, 3.63) is 54.1 Å². The Morgan fingerprint density at radius 1 is 1.00 bits per heavy atom. The number of carbonyl (C=O) groups is 1. The van der Waals surface area contributed by atoms with Crippen molar-refractivity contribution in [2.75, 3.05) is 48.7 Å². The number of hydrogen-bond donors (Lipinski definition) is 1. The van der Waals surface area contributed by atoms with Gasteiger partial charge in [-0.2, -0.15) is 0 Å². The predicted octanol–water partition coefficient (Wildman–Crippen LogP) is 2.55. The Labute approximate surface area is 167 Å². The first-order valence-electron chi connectivity index (χ1n) is 9.54. The number of nitrogens with one attached hydrogen (secondary N) is 1. The van der Waals surface area contributed by atoms with Gasteiger partial charge in [-0.05, 0) is 37.7 Å². The molecular weight excluding hydrogens is 374 g/mol. The lowest BCUT2D eigenvalue weighted by atomic mass is 10.2. The number of hydrogen-bond acceptors (Lipinski definition) is 5. The molecule has 0 radical (unpaired) electrons. The van der Waals surface area contributed by atoms with Crippen molar-refractivity contribution < 1.29 is 13.2 Å². The Kier molecular flexibility index (Phi) is 6.36. The van der Waals surface area contributed by atoms with Crippen LogP contribution >= 0.6 is 0 Å². The van der Waals surface area contributed by atoms with E-state index < -0.39 is 21.5 Å². The number of piperazine rings is 1. The molecule has 1 fully saturated rings. The SMILES string of the molecule is CCN1CCN(c2ccccc2NC(=O)CS(=O)(=O)c2ccc(C)cc2)CC1. The molecule has 1 heterocycles. The molecule has 0 spiro atoms. The Hall–Kier alpha value is -2.38. The van der Waals surface area contributed by atoms with E-state index >= 15 is 0 Å². The van der Waals surface area contributed by atoms with Gasteiger partial charge in [0.1, 0.15) is 5.75 Å². The molecule has 1 N–H and O–H groups in total. The lowest BCUT2D eigenvalue weighted by Crippen LogP contribution is -2.46. The predicted molar refractivity (Wildman–Crippen MR) is 113 cm³/mol. The molecule has 1 amide bonds. The standard InChI is InChI=1S/C21H27N3O3S/c1-3-23-12-14-24(15-13-23)20-7-5-4-6-19(20)22-21(25)16-28(26,27)18-10-8-17(2)9-11-18/h4-11H,3,12-16H2,1-2H3,(H,22,25). The van der Waals surface area contributed by atoms with E-state index in [0.29, 0.717) is 5.69 Å². The lowest BCUT2D eigenvalue weighted by molar-refractivity contribution is -0.113. The summed E-state index contributed by atoms with van der Waals surface area (Å²) in [6.45, 7) is 8.77. The minimum absolute atomic E-state index is 0.164. The second-order valence-electron chi connectivity index (χ2n) is 7.06. The minimum Gasteiger partial charge on any atom is -0.367 e. The van der Waals surface area contributed by atoms with E-state index in [-0.39, 0.29) is 4.90 Å². The van der Waals surface area contributed by atoms with Crippen LogP contribution < -0.4 is 10.2 Å². The third-order valence-corrected chi connectivity index (χ3v) is 6.67. The molecule has 0 bridgehead atoms. The summed E-state index contributed by atoms with van der Waals surface area (Å²) in [4.78, 5) is 17.3. The fourth-order valence-electron chi connectivity index (χ4n) is 3.35. The molecule has 7 heteroatoms. The van der Waals surface area contributed by atoms with Gasteiger partial charge in [-0.25, -0.2) is 8.42 Å². The molecule has 1 saturated heterocycles. The lowest BCUT2D eigenvalue weighted by Gasteiger charge is -2.36. The van der Waals surface area contributed by atoms with Crippen molar-refractivity contribution in [2.24, 2.45) is 0 Å². The zero-order valence-electron chi connectivity index (χ0n) is 16.4. The maximum absolute atomic E-state index is 12.5. The molecule has 3 rings (SSSR count). The molecular formula is C21H27N3O3S. The van der Waals surface area contributed by atoms with Crippen molar-refractivity contribution >= 4 is 27.1 Å². The Bertz CT molecular complexity index is 918. The van der Waals surface area contributed by atoms with Crippen LogP contribution in [0.2, 0.25) is 0 Å². The topological polar surface area (TPSA) is 69.7 Å². The van der Waals surface area contributed by atoms with Crippen molar-refractivity contribution in [3.8, 4) is 0 Å². The van der Waals surface area contributed by atoms with Crippen LogP contribution in [-0.2, 0) is 14.6 Å². The molecule has 0 aromatic heterocycles. The van der Waals surface area contributed by atoms with Gasteiger partial charge in [0.2, 0.25) is 5.91 Å². The first-order chi connectivity index (χ1) is 13.4. The third-order valence-electron chi connectivity index (χ3n) is 5.04. The van der Waals surface area contributed by atoms with Crippen LogP contribution in [0, 0.1) is 6.92 Å². The number of aryl methyl sites for hydroxylation is 1. The summed E-state index contributed by atoms with van der Waals surface area (Å²) in [5.41, 5.74) is 2.55. The van der Waals surface area contributed by atoms with Crippen LogP contribution in [0.3, 0.4) is 0 Å². The molecule has 150 valence electrons. The number of benzene rings is 2. The number of carbonyl (C=O) groups excluding carboxylic acids is 1. The highest BCUT2D eigenvalue weighted by atomic mass is 32.2. The third kappa shape index (κ3) is 4.91. The summed E-state index contributed by atoms with van der Waals surface area (Å²) in [7, 11) is -3.68. The average Bonchev–Trinajstić information content (AvgIpc) is 2.68. The molecule has 28 heavy (non-hydrogen) atoms. The first kappa shape index (κ1) is 20.4. The largest absolute Gasteiger partial charge is 0.367 e. The summed E-state index contributed by atoms with van der Waals surface area (Å²) < 4.78 is 25.0. The molecule has 0 atom stereocenters. The normalized spacial score (nSPS) is 15.4. The van der Waals surface area contributed by atoms with Crippen molar-refractivity contribution in [1.29, 1.82) is 0 Å². The van der Waals surface area contributed by atoms with Crippen molar-refractivity contribution in [2.45, 2.75) is 18.7 Å². The van der Waals surface area contributed by atoms with Gasteiger partial charge >= 0.3 is 0 Å². The average molecular weight is 402 g/mol. The zero-order valence-corrected chi connectivity index (χ0v) is 17.2. The van der Waals surface area contributed by atoms with Crippen LogP contribution in [0.1, 0.15) is 12.5 Å². The minimum atomic E-state index is -3.68. The molecule has 2 aromatic carbocycles. The Morgan fingerprint density at radius 3 is 2.29 bits per heavy atom. The molecule has 0 aliphatic carbocycles. The molecule has 0 saturated carbocycles. The summed E-state index contributed by atoms with van der Waals surface area (Å²) in [5.74, 6) is -1.10. The monoisotopic (exact) mass is 401 g/mol. The van der Waals surface area contributed by atoms with Gasteiger partial charge in [-0.3, -0.25) is 4.79 Å². The molecule has 2 aromatic rings. The van der Waals surface area contributed by atoms with Gasteiger partial charge in [0.05, 0.1) is 16.3 Å². The van der Waals surface area contributed by atoms with Crippen LogP contribution in [0.5, 0.6) is 0 Å². The Morgan fingerprint density at radius 2 is 1.64 bits per heavy atom. The van der Waals surface area contributed by atoms with Gasteiger partial charge in [0.15, 0.2) is 9.84 Å². The van der Waals surface area contributed by atoms with E-state index in [4.69, 9.17) is 0 Å². The number of likely N-dealkylation sites (N-methyl/N-ethyl adjacent to an activating group) is 1. The van der Waals surface area contributed by atoms with Gasteiger partial charge in [-0.1, -0.05) is 36.8 Å². The Balaban J connectivity index is 1.70. The molecule has 1 aliphatic rings. The maximum atomic E-state index is 12.5. The number of nitrogens with zero attached hydrogens (tertiary/aromatic N) is 2. The van der Waals surface area contributed by atoms with Crippen LogP contribution in [-0.4, -0.2) is 57.7 Å². The number of para-hydroxylation sites is 2. The smallest absolute Gasteiger partial charge is 0.240 e. The molecule has 6 nitrogen and oxygen atoms in total. The number of sulfone groups is 1. The zero-order chi connectivity index (χ0) is 20.1. The van der Waals surface area contributed by atoms with Gasteiger partial charge in [0, 0.05) is 26.2 Å². The highest BCUT2D eigenvalue weighted by Gasteiger charge is 2.22. The highest BCUT2D eigenvalue weighted by molar-refractivity contribution is 7.92. The number of amides is 1. The summed E-state index contributed by atoms with van der Waals surface area (Å²) in [5, 5.41) is 2.80. The van der Waals surface area contributed by atoms with Crippen LogP contribution in [0.15, 0.2) is 53.4 Å². The summed E-state index contributed by atoms with van der Waals surface area (Å²) in [6, 6.07) is 14.1. The summed E-state index contributed by atoms with van der Waals surface area (Å²) >= 11 is 0. The number of anilines is 2. The van der Waals surface area contributed by atoms with Crippen molar-refractivity contribution in [1.82, 2.24) is 4.90 Å². The van der Waals surface area contributed by atoms with E-state index in [1.807, 2.05) is 31.2 Å².